The number of Topliss-reactive ketones (excluding diaryl/α,β-unsaturated/α-hetero) is 1. The predicted octanol–water partition coefficient (Wildman–Crippen LogP) is 4.27. The highest BCUT2D eigenvalue weighted by atomic mass is 16.3. The molecule has 0 spiro atoms. The third-order valence-electron chi connectivity index (χ3n) is 7.92. The lowest BCUT2D eigenvalue weighted by atomic mass is 9.47. The molecule has 0 radical (unpaired) electrons. The molecule has 0 heterocycles. The summed E-state index contributed by atoms with van der Waals surface area (Å²) < 4.78 is 0. The van der Waals surface area contributed by atoms with Gasteiger partial charge in [-0.1, -0.05) is 12.5 Å². The van der Waals surface area contributed by atoms with E-state index in [1.54, 1.807) is 12.5 Å². The predicted molar refractivity (Wildman–Crippen MR) is 87.3 cm³/mol. The van der Waals surface area contributed by atoms with Crippen LogP contribution in [0.2, 0.25) is 0 Å². The third-order valence-corrected chi connectivity index (χ3v) is 7.92. The maximum Gasteiger partial charge on any atom is 0.155 e. The molecule has 0 unspecified atom stereocenters. The summed E-state index contributed by atoms with van der Waals surface area (Å²) >= 11 is 0. The Morgan fingerprint density at radius 3 is 2.73 bits per heavy atom. The van der Waals surface area contributed by atoms with Crippen LogP contribution in [0.5, 0.6) is 0 Å². The second-order valence-corrected chi connectivity index (χ2v) is 8.72. The highest BCUT2D eigenvalue weighted by Crippen LogP contribution is 2.62. The maximum absolute atomic E-state index is 11.9. The molecule has 1 N–H and O–H groups in total. The molecule has 4 rings (SSSR count). The number of carbonyl (C=O) groups excluding carboxylic acids is 1. The van der Waals surface area contributed by atoms with Crippen LogP contribution in [0.1, 0.15) is 71.6 Å². The molecule has 22 heavy (non-hydrogen) atoms. The van der Waals surface area contributed by atoms with E-state index in [1.807, 2.05) is 0 Å². The van der Waals surface area contributed by atoms with Crippen LogP contribution < -0.4 is 0 Å². The van der Waals surface area contributed by atoms with E-state index in [4.69, 9.17) is 0 Å². The lowest BCUT2D eigenvalue weighted by Crippen LogP contribution is -2.50. The summed E-state index contributed by atoms with van der Waals surface area (Å²) in [7, 11) is 0. The minimum Gasteiger partial charge on any atom is -0.393 e. The van der Waals surface area contributed by atoms with Crippen molar-refractivity contribution >= 4 is 5.78 Å². The first-order chi connectivity index (χ1) is 10.5. The zero-order valence-corrected chi connectivity index (χ0v) is 14.1. The number of carbonyl (C=O) groups is 1. The number of rotatable bonds is 1. The molecule has 4 aliphatic carbocycles. The number of hydrogen-bond donors (Lipinski definition) is 1. The van der Waals surface area contributed by atoms with Gasteiger partial charge in [0.1, 0.15) is 0 Å². The summed E-state index contributed by atoms with van der Waals surface area (Å²) in [5, 5.41) is 10.1. The van der Waals surface area contributed by atoms with Gasteiger partial charge in [-0.15, -0.1) is 0 Å². The highest BCUT2D eigenvalue weighted by molar-refractivity contribution is 5.94. The molecule has 3 fully saturated rings. The largest absolute Gasteiger partial charge is 0.393 e. The zero-order valence-electron chi connectivity index (χ0n) is 14.1. The van der Waals surface area contributed by atoms with Gasteiger partial charge in [-0.05, 0) is 99.4 Å². The molecule has 0 amide bonds. The molecule has 0 aromatic carbocycles. The Balaban J connectivity index is 1.62. The van der Waals surface area contributed by atoms with Gasteiger partial charge in [0.25, 0.3) is 0 Å². The summed E-state index contributed by atoms with van der Waals surface area (Å²) in [6.07, 6.45) is 10.6. The molecule has 3 saturated carbocycles. The number of ketones is 1. The highest BCUT2D eigenvalue weighted by Gasteiger charge is 2.54. The number of aliphatic hydroxyl groups excluding tert-OH is 1. The van der Waals surface area contributed by atoms with Crippen molar-refractivity contribution in [2.24, 2.45) is 29.1 Å². The van der Waals surface area contributed by atoms with Crippen molar-refractivity contribution in [2.75, 3.05) is 0 Å². The molecule has 0 saturated heterocycles. The summed E-state index contributed by atoms with van der Waals surface area (Å²) in [5.74, 6) is 3.42. The Labute approximate surface area is 134 Å². The normalized spacial score (nSPS) is 47.7. The smallest absolute Gasteiger partial charge is 0.155 e. The SMILES string of the molecule is CC(=O)C1=C2CC[C@@H]3[C@H](CC[C@@H]4C[C@H](O)CC[C@@]43C)[C@H]2CC1. The summed E-state index contributed by atoms with van der Waals surface area (Å²) in [5.41, 5.74) is 3.19. The van der Waals surface area contributed by atoms with Gasteiger partial charge < -0.3 is 5.11 Å². The van der Waals surface area contributed by atoms with E-state index in [-0.39, 0.29) is 6.10 Å². The second kappa shape index (κ2) is 5.19. The van der Waals surface area contributed by atoms with Crippen molar-refractivity contribution in [1.82, 2.24) is 0 Å². The Morgan fingerprint density at radius 2 is 1.95 bits per heavy atom. The van der Waals surface area contributed by atoms with E-state index in [0.29, 0.717) is 17.1 Å². The van der Waals surface area contributed by atoms with Crippen LogP contribution in [-0.4, -0.2) is 17.0 Å². The van der Waals surface area contributed by atoms with E-state index < -0.39 is 0 Å². The molecule has 4 aliphatic rings. The van der Waals surface area contributed by atoms with Crippen molar-refractivity contribution in [3.8, 4) is 0 Å². The average Bonchev–Trinajstić information content (AvgIpc) is 2.92. The van der Waals surface area contributed by atoms with Gasteiger partial charge in [0, 0.05) is 0 Å². The molecule has 0 aromatic rings. The number of aliphatic hydroxyl groups is 1. The Kier molecular flexibility index (Phi) is 3.52. The first-order valence-corrected chi connectivity index (χ1v) is 9.41. The van der Waals surface area contributed by atoms with Crippen molar-refractivity contribution in [3.63, 3.8) is 0 Å². The second-order valence-electron chi connectivity index (χ2n) is 8.72. The van der Waals surface area contributed by atoms with E-state index in [9.17, 15) is 9.90 Å². The lowest BCUT2D eigenvalue weighted by molar-refractivity contribution is -0.113. The first kappa shape index (κ1) is 14.9. The number of hydrogen-bond acceptors (Lipinski definition) is 2. The quantitative estimate of drug-likeness (QED) is 0.785. The monoisotopic (exact) mass is 302 g/mol. The van der Waals surface area contributed by atoms with Crippen LogP contribution in [0.15, 0.2) is 11.1 Å². The van der Waals surface area contributed by atoms with E-state index in [2.05, 4.69) is 6.92 Å². The molecule has 2 heteroatoms. The maximum atomic E-state index is 11.9. The Bertz CT molecular complexity index is 520. The van der Waals surface area contributed by atoms with Gasteiger partial charge in [-0.2, -0.15) is 0 Å². The molecule has 0 bridgehead atoms. The molecular formula is C20H30O2. The topological polar surface area (TPSA) is 37.3 Å². The summed E-state index contributed by atoms with van der Waals surface area (Å²) in [6, 6.07) is 0. The van der Waals surface area contributed by atoms with Crippen LogP contribution in [-0.2, 0) is 4.79 Å². The van der Waals surface area contributed by atoms with Crippen molar-refractivity contribution in [1.29, 1.82) is 0 Å². The van der Waals surface area contributed by atoms with Gasteiger partial charge in [0.15, 0.2) is 5.78 Å². The molecular weight excluding hydrogens is 272 g/mol. The number of allylic oxidation sites excluding steroid dienone is 2. The number of fused-ring (bicyclic) bond motifs is 5. The first-order valence-electron chi connectivity index (χ1n) is 9.41. The fourth-order valence-corrected chi connectivity index (χ4v) is 6.82. The van der Waals surface area contributed by atoms with Crippen LogP contribution in [0.3, 0.4) is 0 Å². The van der Waals surface area contributed by atoms with Gasteiger partial charge in [-0.25, -0.2) is 0 Å². The fourth-order valence-electron chi connectivity index (χ4n) is 6.82. The third kappa shape index (κ3) is 2.06. The van der Waals surface area contributed by atoms with E-state index >= 15 is 0 Å². The molecule has 6 atom stereocenters. The van der Waals surface area contributed by atoms with Crippen LogP contribution in [0, 0.1) is 29.1 Å². The van der Waals surface area contributed by atoms with E-state index in [1.165, 1.54) is 44.1 Å². The van der Waals surface area contributed by atoms with Gasteiger partial charge in [-0.3, -0.25) is 4.79 Å². The van der Waals surface area contributed by atoms with Crippen molar-refractivity contribution in [3.05, 3.63) is 11.1 Å². The molecule has 0 aliphatic heterocycles. The molecule has 0 aromatic heterocycles. The van der Waals surface area contributed by atoms with Crippen molar-refractivity contribution < 1.29 is 9.90 Å². The summed E-state index contributed by atoms with van der Waals surface area (Å²) in [4.78, 5) is 11.9. The zero-order chi connectivity index (χ0) is 15.5. The van der Waals surface area contributed by atoms with Gasteiger partial charge in [0.2, 0.25) is 0 Å². The van der Waals surface area contributed by atoms with Gasteiger partial charge >= 0.3 is 0 Å². The standard InChI is InChI=1S/C20H30O2/c1-12(21)15-5-6-17-16(15)7-8-19-18(17)4-3-13-11-14(22)9-10-20(13,19)2/h13-14,17-19,22H,3-11H2,1-2H3/t13-,14-,17+,18-,19-,20+/m1/s1. The minimum atomic E-state index is -0.0514. The summed E-state index contributed by atoms with van der Waals surface area (Å²) in [6.45, 7) is 4.29. The fraction of sp³-hybridized carbons (Fsp3) is 0.850. The van der Waals surface area contributed by atoms with Crippen LogP contribution in [0.4, 0.5) is 0 Å². The molecule has 122 valence electrons. The van der Waals surface area contributed by atoms with Crippen LogP contribution in [0.25, 0.3) is 0 Å². The molecule has 2 nitrogen and oxygen atoms in total. The Morgan fingerprint density at radius 1 is 1.14 bits per heavy atom. The average molecular weight is 302 g/mol. The minimum absolute atomic E-state index is 0.0514. The van der Waals surface area contributed by atoms with Crippen LogP contribution >= 0.6 is 0 Å². The van der Waals surface area contributed by atoms with E-state index in [0.717, 1.165) is 37.0 Å². The lowest BCUT2D eigenvalue weighted by Gasteiger charge is -2.58. The van der Waals surface area contributed by atoms with Crippen molar-refractivity contribution in [2.45, 2.75) is 77.7 Å². The Hall–Kier alpha value is -0.630. The van der Waals surface area contributed by atoms with Gasteiger partial charge in [0.05, 0.1) is 6.10 Å².